The normalized spacial score (nSPS) is 30.2. The second-order valence-electron chi connectivity index (χ2n) is 5.88. The van der Waals surface area contributed by atoms with Crippen LogP contribution in [-0.2, 0) is 0 Å². The van der Waals surface area contributed by atoms with E-state index in [1.54, 1.807) is 0 Å². The first-order valence-corrected chi connectivity index (χ1v) is 7.59. The lowest BCUT2D eigenvalue weighted by atomic mass is 9.93. The van der Waals surface area contributed by atoms with Crippen molar-refractivity contribution in [2.45, 2.75) is 78.4 Å². The molecule has 2 nitrogen and oxygen atoms in total. The number of rotatable bonds is 6. The van der Waals surface area contributed by atoms with Gasteiger partial charge in [0.15, 0.2) is 0 Å². The summed E-state index contributed by atoms with van der Waals surface area (Å²) in [7, 11) is 0. The lowest BCUT2D eigenvalue weighted by Gasteiger charge is -2.42. The molecule has 4 atom stereocenters. The van der Waals surface area contributed by atoms with E-state index in [0.29, 0.717) is 6.04 Å². The molecule has 0 aliphatic carbocycles. The molecule has 2 unspecified atom stereocenters. The first kappa shape index (κ1) is 15.0. The Morgan fingerprint density at radius 1 is 1.18 bits per heavy atom. The van der Waals surface area contributed by atoms with Crippen LogP contribution < -0.4 is 5.32 Å². The van der Waals surface area contributed by atoms with Crippen LogP contribution in [0.5, 0.6) is 0 Å². The minimum atomic E-state index is 0.660. The molecule has 1 aliphatic rings. The molecule has 0 aromatic carbocycles. The quantitative estimate of drug-likeness (QED) is 0.766. The van der Waals surface area contributed by atoms with Gasteiger partial charge in [-0.05, 0) is 39.2 Å². The van der Waals surface area contributed by atoms with E-state index in [1.807, 2.05) is 0 Å². The highest BCUT2D eigenvalue weighted by molar-refractivity contribution is 4.85. The standard InChI is InChI=1S/C15H32N2/c1-6-12(3)15(16-7-2)11-17-13(4)9-8-10-14(17)5/h12-16H,6-11H2,1-5H3/t12?,13-,14+,15?. The van der Waals surface area contributed by atoms with Gasteiger partial charge in [0, 0.05) is 24.7 Å². The van der Waals surface area contributed by atoms with Crippen LogP contribution in [-0.4, -0.2) is 36.1 Å². The topological polar surface area (TPSA) is 15.3 Å². The summed E-state index contributed by atoms with van der Waals surface area (Å²) in [5.41, 5.74) is 0. The van der Waals surface area contributed by atoms with Gasteiger partial charge in [-0.15, -0.1) is 0 Å². The molecular formula is C15H32N2. The third-order valence-electron chi connectivity index (χ3n) is 4.58. The van der Waals surface area contributed by atoms with Crippen LogP contribution >= 0.6 is 0 Å². The Labute approximate surface area is 108 Å². The van der Waals surface area contributed by atoms with Crippen molar-refractivity contribution in [3.8, 4) is 0 Å². The van der Waals surface area contributed by atoms with Crippen molar-refractivity contribution < 1.29 is 0 Å². The van der Waals surface area contributed by atoms with Gasteiger partial charge in [-0.1, -0.05) is 33.6 Å². The number of nitrogens with one attached hydrogen (secondary N) is 1. The fourth-order valence-electron chi connectivity index (χ4n) is 3.05. The minimum Gasteiger partial charge on any atom is -0.313 e. The number of hydrogen-bond donors (Lipinski definition) is 1. The number of piperidine rings is 1. The Balaban J connectivity index is 2.57. The molecule has 2 heteroatoms. The zero-order valence-electron chi connectivity index (χ0n) is 12.5. The predicted octanol–water partition coefficient (Wildman–Crippen LogP) is 3.27. The van der Waals surface area contributed by atoms with Gasteiger partial charge in [0.1, 0.15) is 0 Å². The van der Waals surface area contributed by atoms with Crippen LogP contribution in [0, 0.1) is 5.92 Å². The maximum Gasteiger partial charge on any atom is 0.0220 e. The van der Waals surface area contributed by atoms with Gasteiger partial charge in [0.05, 0.1) is 0 Å². The fraction of sp³-hybridized carbons (Fsp3) is 1.00. The van der Waals surface area contributed by atoms with E-state index in [2.05, 4.69) is 44.8 Å². The van der Waals surface area contributed by atoms with Gasteiger partial charge < -0.3 is 5.32 Å². The summed E-state index contributed by atoms with van der Waals surface area (Å²) in [5.74, 6) is 0.774. The molecule has 0 aromatic heterocycles. The molecule has 102 valence electrons. The molecule has 1 fully saturated rings. The van der Waals surface area contributed by atoms with Gasteiger partial charge in [-0.25, -0.2) is 0 Å². The molecule has 0 saturated carbocycles. The highest BCUT2D eigenvalue weighted by Gasteiger charge is 2.28. The van der Waals surface area contributed by atoms with E-state index in [9.17, 15) is 0 Å². The summed E-state index contributed by atoms with van der Waals surface area (Å²) in [5, 5.41) is 3.68. The van der Waals surface area contributed by atoms with Crippen LogP contribution in [0.2, 0.25) is 0 Å². The third kappa shape index (κ3) is 4.26. The second kappa shape index (κ2) is 7.38. The molecule has 0 aromatic rings. The molecule has 1 heterocycles. The van der Waals surface area contributed by atoms with Crippen molar-refractivity contribution in [1.29, 1.82) is 0 Å². The van der Waals surface area contributed by atoms with Crippen LogP contribution in [0.4, 0.5) is 0 Å². The van der Waals surface area contributed by atoms with E-state index in [-0.39, 0.29) is 0 Å². The maximum absolute atomic E-state index is 3.68. The predicted molar refractivity (Wildman–Crippen MR) is 76.4 cm³/mol. The smallest absolute Gasteiger partial charge is 0.0220 e. The van der Waals surface area contributed by atoms with Gasteiger partial charge in [0.25, 0.3) is 0 Å². The summed E-state index contributed by atoms with van der Waals surface area (Å²) < 4.78 is 0. The molecule has 1 rings (SSSR count). The van der Waals surface area contributed by atoms with Gasteiger partial charge in [0.2, 0.25) is 0 Å². The molecule has 1 N–H and O–H groups in total. The summed E-state index contributed by atoms with van der Waals surface area (Å²) in [6.07, 6.45) is 5.44. The summed E-state index contributed by atoms with van der Waals surface area (Å²) in [6, 6.07) is 2.20. The van der Waals surface area contributed by atoms with E-state index >= 15 is 0 Å². The van der Waals surface area contributed by atoms with E-state index in [4.69, 9.17) is 0 Å². The van der Waals surface area contributed by atoms with Crippen molar-refractivity contribution in [3.63, 3.8) is 0 Å². The first-order valence-electron chi connectivity index (χ1n) is 7.59. The Kier molecular flexibility index (Phi) is 6.50. The van der Waals surface area contributed by atoms with Crippen molar-refractivity contribution in [1.82, 2.24) is 10.2 Å². The Bertz CT molecular complexity index is 195. The first-order chi connectivity index (χ1) is 8.10. The van der Waals surface area contributed by atoms with Crippen molar-refractivity contribution >= 4 is 0 Å². The van der Waals surface area contributed by atoms with Crippen molar-refractivity contribution in [3.05, 3.63) is 0 Å². The lowest BCUT2D eigenvalue weighted by molar-refractivity contribution is 0.0818. The van der Waals surface area contributed by atoms with Gasteiger partial charge in [-0.2, -0.15) is 0 Å². The fourth-order valence-corrected chi connectivity index (χ4v) is 3.05. The average molecular weight is 240 g/mol. The molecule has 0 radical (unpaired) electrons. The largest absolute Gasteiger partial charge is 0.313 e. The molecule has 0 spiro atoms. The molecule has 0 bridgehead atoms. The van der Waals surface area contributed by atoms with E-state index < -0.39 is 0 Å². The molecule has 1 saturated heterocycles. The highest BCUT2D eigenvalue weighted by Crippen LogP contribution is 2.23. The van der Waals surface area contributed by atoms with Crippen LogP contribution in [0.25, 0.3) is 0 Å². The number of likely N-dealkylation sites (N-methyl/N-ethyl adjacent to an activating group) is 1. The number of nitrogens with zero attached hydrogens (tertiary/aromatic N) is 1. The molecule has 1 aliphatic heterocycles. The van der Waals surface area contributed by atoms with E-state index in [0.717, 1.165) is 24.5 Å². The molecule has 0 amide bonds. The SMILES string of the molecule is CCNC(CN1[C@H](C)CCC[C@@H]1C)C(C)CC. The van der Waals surface area contributed by atoms with Crippen molar-refractivity contribution in [2.75, 3.05) is 13.1 Å². The van der Waals surface area contributed by atoms with E-state index in [1.165, 1.54) is 32.2 Å². The van der Waals surface area contributed by atoms with Crippen LogP contribution in [0.3, 0.4) is 0 Å². The summed E-state index contributed by atoms with van der Waals surface area (Å²) >= 11 is 0. The van der Waals surface area contributed by atoms with Crippen molar-refractivity contribution in [2.24, 2.45) is 5.92 Å². The monoisotopic (exact) mass is 240 g/mol. The third-order valence-corrected chi connectivity index (χ3v) is 4.58. The van der Waals surface area contributed by atoms with Gasteiger partial charge >= 0.3 is 0 Å². The van der Waals surface area contributed by atoms with Crippen LogP contribution in [0.15, 0.2) is 0 Å². The second-order valence-corrected chi connectivity index (χ2v) is 5.88. The maximum atomic E-state index is 3.68. The average Bonchev–Trinajstić information content (AvgIpc) is 2.31. The number of hydrogen-bond acceptors (Lipinski definition) is 2. The minimum absolute atomic E-state index is 0.660. The number of likely N-dealkylation sites (tertiary alicyclic amines) is 1. The highest BCUT2D eigenvalue weighted by atomic mass is 15.2. The molecular weight excluding hydrogens is 208 g/mol. The Morgan fingerprint density at radius 3 is 2.24 bits per heavy atom. The zero-order valence-corrected chi connectivity index (χ0v) is 12.5. The molecule has 17 heavy (non-hydrogen) atoms. The Morgan fingerprint density at radius 2 is 1.76 bits per heavy atom. The zero-order chi connectivity index (χ0) is 12.8. The van der Waals surface area contributed by atoms with Crippen LogP contribution in [0.1, 0.15) is 60.3 Å². The Hall–Kier alpha value is -0.0800. The summed E-state index contributed by atoms with van der Waals surface area (Å²) in [4.78, 5) is 2.73. The lowest BCUT2D eigenvalue weighted by Crippen LogP contribution is -2.52. The van der Waals surface area contributed by atoms with Gasteiger partial charge in [-0.3, -0.25) is 4.90 Å². The summed E-state index contributed by atoms with van der Waals surface area (Å²) in [6.45, 7) is 14.0.